The minimum absolute atomic E-state index is 0.176. The van der Waals surface area contributed by atoms with Crippen molar-refractivity contribution in [3.05, 3.63) is 48.5 Å². The van der Waals surface area contributed by atoms with Crippen LogP contribution in [0, 0.1) is 5.92 Å². The number of carbonyl (C=O) groups excluding carboxylic acids is 1. The van der Waals surface area contributed by atoms with E-state index in [0.717, 1.165) is 24.1 Å². The molecule has 0 spiro atoms. The van der Waals surface area contributed by atoms with E-state index in [1.54, 1.807) is 24.5 Å². The second-order valence-electron chi connectivity index (χ2n) is 6.04. The number of aliphatic hydroxyl groups is 1. The maximum absolute atomic E-state index is 12.2. The molecule has 3 rings (SSSR count). The normalized spacial score (nSPS) is 15.2. The quantitative estimate of drug-likeness (QED) is 0.854. The molecule has 0 bridgehead atoms. The van der Waals surface area contributed by atoms with Crippen molar-refractivity contribution in [1.29, 1.82) is 0 Å². The lowest BCUT2D eigenvalue weighted by molar-refractivity contribution is 0.113. The summed E-state index contributed by atoms with van der Waals surface area (Å²) >= 11 is 0. The number of urea groups is 1. The van der Waals surface area contributed by atoms with Gasteiger partial charge in [0.25, 0.3) is 0 Å². The number of amides is 2. The van der Waals surface area contributed by atoms with Crippen LogP contribution in [0.3, 0.4) is 0 Å². The molecule has 1 aromatic carbocycles. The number of aliphatic hydroxyl groups excluding tert-OH is 1. The molecule has 2 amide bonds. The highest BCUT2D eigenvalue weighted by Gasteiger charge is 2.31. The Labute approximate surface area is 135 Å². The topological polar surface area (TPSA) is 70.4 Å². The van der Waals surface area contributed by atoms with Gasteiger partial charge >= 0.3 is 6.03 Å². The van der Waals surface area contributed by atoms with Gasteiger partial charge in [0.05, 0.1) is 18.1 Å². The number of nitrogens with one attached hydrogen (secondary N) is 1. The Kier molecular flexibility index (Phi) is 4.62. The van der Waals surface area contributed by atoms with Crippen LogP contribution in [0.15, 0.2) is 43.0 Å². The number of likely N-dealkylation sites (N-methyl/N-ethyl adjacent to an activating group) is 1. The van der Waals surface area contributed by atoms with E-state index in [1.165, 1.54) is 0 Å². The number of rotatable bonds is 6. The predicted octanol–water partition coefficient (Wildman–Crippen LogP) is 1.78. The molecule has 1 aliphatic carbocycles. The SMILES string of the molecule is CN(CC(O)C1CC1)C(=O)NCc1ccccc1-n1ccnc1. The number of nitrogens with zero attached hydrogens (tertiary/aromatic N) is 3. The summed E-state index contributed by atoms with van der Waals surface area (Å²) in [6.45, 7) is 0.802. The van der Waals surface area contributed by atoms with Gasteiger partial charge in [-0.1, -0.05) is 18.2 Å². The molecule has 1 aliphatic rings. The highest BCUT2D eigenvalue weighted by molar-refractivity contribution is 5.74. The average Bonchev–Trinajstić information content (AvgIpc) is 3.28. The molecule has 6 nitrogen and oxygen atoms in total. The van der Waals surface area contributed by atoms with Gasteiger partial charge in [0, 0.05) is 32.5 Å². The molecule has 0 saturated heterocycles. The maximum atomic E-state index is 12.2. The van der Waals surface area contributed by atoms with Crippen LogP contribution in [-0.4, -0.2) is 45.3 Å². The first-order valence-corrected chi connectivity index (χ1v) is 7.88. The zero-order valence-electron chi connectivity index (χ0n) is 13.2. The van der Waals surface area contributed by atoms with E-state index < -0.39 is 6.10 Å². The molecule has 0 radical (unpaired) electrons. The standard InChI is InChI=1S/C17H22N4O2/c1-20(11-16(22)13-6-7-13)17(23)19-10-14-4-2-3-5-15(14)21-9-8-18-12-21/h2-5,8-9,12-13,16,22H,6-7,10-11H2,1H3,(H,19,23). The highest BCUT2D eigenvalue weighted by atomic mass is 16.3. The van der Waals surface area contributed by atoms with Crippen LogP contribution in [0.4, 0.5) is 4.79 Å². The lowest BCUT2D eigenvalue weighted by Gasteiger charge is -2.21. The van der Waals surface area contributed by atoms with Crippen molar-refractivity contribution in [2.24, 2.45) is 5.92 Å². The number of aromatic nitrogens is 2. The third kappa shape index (κ3) is 3.90. The summed E-state index contributed by atoms with van der Waals surface area (Å²) in [7, 11) is 1.71. The summed E-state index contributed by atoms with van der Waals surface area (Å²) in [5.41, 5.74) is 2.00. The zero-order chi connectivity index (χ0) is 16.2. The van der Waals surface area contributed by atoms with Crippen LogP contribution in [0.2, 0.25) is 0 Å². The fourth-order valence-corrected chi connectivity index (χ4v) is 2.61. The smallest absolute Gasteiger partial charge is 0.317 e. The summed E-state index contributed by atoms with van der Waals surface area (Å²) in [5.74, 6) is 0.368. The molecule has 2 aromatic rings. The van der Waals surface area contributed by atoms with Gasteiger partial charge in [0.1, 0.15) is 0 Å². The predicted molar refractivity (Wildman–Crippen MR) is 87.2 cm³/mol. The Hall–Kier alpha value is -2.34. The minimum atomic E-state index is -0.413. The number of hydrogen-bond donors (Lipinski definition) is 2. The molecule has 1 unspecified atom stereocenters. The summed E-state index contributed by atoms with van der Waals surface area (Å²) in [6.07, 6.45) is 7.05. The first-order valence-electron chi connectivity index (χ1n) is 7.88. The Bertz CT molecular complexity index is 652. The van der Waals surface area contributed by atoms with E-state index in [-0.39, 0.29) is 6.03 Å². The van der Waals surface area contributed by atoms with Crippen molar-refractivity contribution in [3.63, 3.8) is 0 Å². The second kappa shape index (κ2) is 6.83. The zero-order valence-corrected chi connectivity index (χ0v) is 13.2. The second-order valence-corrected chi connectivity index (χ2v) is 6.04. The number of benzene rings is 1. The first kappa shape index (κ1) is 15.6. The lowest BCUT2D eigenvalue weighted by atomic mass is 10.1. The number of carbonyl (C=O) groups is 1. The third-order valence-corrected chi connectivity index (χ3v) is 4.18. The molecular weight excluding hydrogens is 292 g/mol. The monoisotopic (exact) mass is 314 g/mol. The summed E-state index contributed by atoms with van der Waals surface area (Å²) in [6, 6.07) is 7.70. The lowest BCUT2D eigenvalue weighted by Crippen LogP contribution is -2.41. The van der Waals surface area contributed by atoms with Gasteiger partial charge < -0.3 is 19.9 Å². The van der Waals surface area contributed by atoms with Crippen molar-refractivity contribution in [2.75, 3.05) is 13.6 Å². The molecule has 1 atom stereocenters. The van der Waals surface area contributed by atoms with Gasteiger partial charge in [-0.2, -0.15) is 0 Å². The Morgan fingerprint density at radius 2 is 2.26 bits per heavy atom. The Morgan fingerprint density at radius 1 is 1.48 bits per heavy atom. The molecule has 1 saturated carbocycles. The molecule has 6 heteroatoms. The summed E-state index contributed by atoms with van der Waals surface area (Å²) in [5, 5.41) is 12.8. The van der Waals surface area contributed by atoms with Gasteiger partial charge in [0.2, 0.25) is 0 Å². The van der Waals surface area contributed by atoms with Gasteiger partial charge in [-0.3, -0.25) is 0 Å². The van der Waals surface area contributed by atoms with Gasteiger partial charge in [-0.25, -0.2) is 9.78 Å². The van der Waals surface area contributed by atoms with E-state index in [9.17, 15) is 9.90 Å². The number of imidazole rings is 1. The van der Waals surface area contributed by atoms with E-state index in [2.05, 4.69) is 10.3 Å². The van der Waals surface area contributed by atoms with E-state index in [4.69, 9.17) is 0 Å². The number of hydrogen-bond acceptors (Lipinski definition) is 3. The van der Waals surface area contributed by atoms with Crippen molar-refractivity contribution >= 4 is 6.03 Å². The Balaban J connectivity index is 1.58. The first-order chi connectivity index (χ1) is 11.1. The molecule has 1 heterocycles. The minimum Gasteiger partial charge on any atom is -0.391 e. The van der Waals surface area contributed by atoms with Crippen LogP contribution >= 0.6 is 0 Å². The maximum Gasteiger partial charge on any atom is 0.317 e. The average molecular weight is 314 g/mol. The van der Waals surface area contributed by atoms with Crippen LogP contribution < -0.4 is 5.32 Å². The van der Waals surface area contributed by atoms with Crippen LogP contribution in [0.5, 0.6) is 0 Å². The fourth-order valence-electron chi connectivity index (χ4n) is 2.61. The summed E-state index contributed by atoms with van der Waals surface area (Å²) in [4.78, 5) is 17.8. The van der Waals surface area contributed by atoms with Crippen molar-refractivity contribution in [1.82, 2.24) is 19.8 Å². The molecule has 23 heavy (non-hydrogen) atoms. The van der Waals surface area contributed by atoms with Gasteiger partial charge in [-0.05, 0) is 30.4 Å². The van der Waals surface area contributed by atoms with Crippen molar-refractivity contribution in [2.45, 2.75) is 25.5 Å². The molecular formula is C17H22N4O2. The molecule has 122 valence electrons. The summed E-state index contributed by atoms with van der Waals surface area (Å²) < 4.78 is 1.92. The molecule has 2 N–H and O–H groups in total. The number of para-hydroxylation sites is 1. The molecule has 0 aliphatic heterocycles. The van der Waals surface area contributed by atoms with E-state index in [1.807, 2.05) is 35.0 Å². The van der Waals surface area contributed by atoms with Crippen LogP contribution in [0.1, 0.15) is 18.4 Å². The van der Waals surface area contributed by atoms with Gasteiger partial charge in [0.15, 0.2) is 0 Å². The highest BCUT2D eigenvalue weighted by Crippen LogP contribution is 2.32. The van der Waals surface area contributed by atoms with Gasteiger partial charge in [-0.15, -0.1) is 0 Å². The molecule has 1 aromatic heterocycles. The fraction of sp³-hybridized carbons (Fsp3) is 0.412. The van der Waals surface area contributed by atoms with Crippen molar-refractivity contribution in [3.8, 4) is 5.69 Å². The van der Waals surface area contributed by atoms with Crippen molar-refractivity contribution < 1.29 is 9.90 Å². The van der Waals surface area contributed by atoms with E-state index >= 15 is 0 Å². The largest absolute Gasteiger partial charge is 0.391 e. The van der Waals surface area contributed by atoms with Crippen LogP contribution in [-0.2, 0) is 6.54 Å². The van der Waals surface area contributed by atoms with Crippen LogP contribution in [0.25, 0.3) is 5.69 Å². The third-order valence-electron chi connectivity index (χ3n) is 4.18. The Morgan fingerprint density at radius 3 is 2.96 bits per heavy atom. The molecule has 1 fully saturated rings. The van der Waals surface area contributed by atoms with E-state index in [0.29, 0.717) is 19.0 Å².